The molecule has 0 bridgehead atoms. The Bertz CT molecular complexity index is 404. The predicted octanol–water partition coefficient (Wildman–Crippen LogP) is 0.395. The lowest BCUT2D eigenvalue weighted by Gasteiger charge is -2.17. The van der Waals surface area contributed by atoms with E-state index in [0.717, 1.165) is 5.56 Å². The van der Waals surface area contributed by atoms with Gasteiger partial charge >= 0.3 is 0 Å². The maximum absolute atomic E-state index is 11.7. The van der Waals surface area contributed by atoms with Crippen molar-refractivity contribution < 1.29 is 15.0 Å². The van der Waals surface area contributed by atoms with Crippen molar-refractivity contribution in [2.45, 2.75) is 32.4 Å². The molecular weight excluding hydrogens is 244 g/mol. The molecule has 1 aromatic carbocycles. The quantitative estimate of drug-likeness (QED) is 0.599. The second kappa shape index (κ2) is 7.11. The zero-order valence-corrected chi connectivity index (χ0v) is 11.3. The van der Waals surface area contributed by atoms with Crippen LogP contribution in [0, 0.1) is 5.92 Å². The standard InChI is InChI=1S/C14H22N2O3/c1-9(2)13(18)8-16-14(19)12(15)7-10-3-5-11(17)6-4-10/h3-6,9,12-13,17-18H,7-8,15H2,1-2H3,(H,16,19). The third kappa shape index (κ3) is 5.28. The van der Waals surface area contributed by atoms with Crippen LogP contribution >= 0.6 is 0 Å². The van der Waals surface area contributed by atoms with Crippen LogP contribution in [0.3, 0.4) is 0 Å². The molecule has 0 saturated heterocycles. The van der Waals surface area contributed by atoms with E-state index < -0.39 is 12.1 Å². The van der Waals surface area contributed by atoms with Gasteiger partial charge in [-0.2, -0.15) is 0 Å². The van der Waals surface area contributed by atoms with Crippen LogP contribution in [0.1, 0.15) is 19.4 Å². The summed E-state index contributed by atoms with van der Waals surface area (Å²) in [7, 11) is 0. The van der Waals surface area contributed by atoms with Crippen LogP contribution in [0.25, 0.3) is 0 Å². The van der Waals surface area contributed by atoms with Gasteiger partial charge in [0.15, 0.2) is 0 Å². The first-order chi connectivity index (χ1) is 8.90. The highest BCUT2D eigenvalue weighted by Gasteiger charge is 2.16. The molecule has 0 aliphatic carbocycles. The number of aliphatic hydroxyl groups excluding tert-OH is 1. The van der Waals surface area contributed by atoms with Gasteiger partial charge in [-0.3, -0.25) is 4.79 Å². The number of hydrogen-bond donors (Lipinski definition) is 4. The normalized spacial score (nSPS) is 14.2. The average Bonchev–Trinajstić information content (AvgIpc) is 2.37. The van der Waals surface area contributed by atoms with E-state index in [1.54, 1.807) is 24.3 Å². The minimum Gasteiger partial charge on any atom is -0.508 e. The van der Waals surface area contributed by atoms with Crippen molar-refractivity contribution in [2.24, 2.45) is 11.7 Å². The smallest absolute Gasteiger partial charge is 0.237 e. The molecule has 5 N–H and O–H groups in total. The third-order valence-electron chi connectivity index (χ3n) is 2.98. The number of carbonyl (C=O) groups excluding carboxylic acids is 1. The van der Waals surface area contributed by atoms with Crippen LogP contribution in [0.4, 0.5) is 0 Å². The van der Waals surface area contributed by atoms with Gasteiger partial charge in [0.2, 0.25) is 5.91 Å². The molecule has 5 heteroatoms. The Kier molecular flexibility index (Phi) is 5.79. The monoisotopic (exact) mass is 266 g/mol. The minimum atomic E-state index is -0.663. The second-order valence-electron chi connectivity index (χ2n) is 5.03. The van der Waals surface area contributed by atoms with Gasteiger partial charge in [0.05, 0.1) is 12.1 Å². The highest BCUT2D eigenvalue weighted by molar-refractivity contribution is 5.81. The minimum absolute atomic E-state index is 0.0913. The summed E-state index contributed by atoms with van der Waals surface area (Å²) in [6.07, 6.45) is -0.172. The van der Waals surface area contributed by atoms with E-state index >= 15 is 0 Å². The van der Waals surface area contributed by atoms with Crippen LogP contribution in [-0.2, 0) is 11.2 Å². The average molecular weight is 266 g/mol. The van der Waals surface area contributed by atoms with Crippen LogP contribution in [0.2, 0.25) is 0 Å². The molecular formula is C14H22N2O3. The van der Waals surface area contributed by atoms with Crippen molar-refractivity contribution in [3.8, 4) is 5.75 Å². The lowest BCUT2D eigenvalue weighted by molar-refractivity contribution is -0.122. The summed E-state index contributed by atoms with van der Waals surface area (Å²) >= 11 is 0. The molecule has 19 heavy (non-hydrogen) atoms. The SMILES string of the molecule is CC(C)C(O)CNC(=O)C(N)Cc1ccc(O)cc1. The summed E-state index contributed by atoms with van der Waals surface area (Å²) < 4.78 is 0. The van der Waals surface area contributed by atoms with E-state index in [9.17, 15) is 9.90 Å². The Morgan fingerprint density at radius 2 is 1.89 bits per heavy atom. The van der Waals surface area contributed by atoms with Gasteiger partial charge in [-0.25, -0.2) is 0 Å². The maximum atomic E-state index is 11.7. The van der Waals surface area contributed by atoms with Gasteiger partial charge < -0.3 is 21.3 Å². The molecule has 0 heterocycles. The Morgan fingerprint density at radius 3 is 2.42 bits per heavy atom. The topological polar surface area (TPSA) is 95.6 Å². The molecule has 0 fully saturated rings. The molecule has 106 valence electrons. The Balaban J connectivity index is 2.42. The summed E-state index contributed by atoms with van der Waals surface area (Å²) in [5.41, 5.74) is 6.67. The first-order valence-corrected chi connectivity index (χ1v) is 6.39. The molecule has 0 aliphatic heterocycles. The fourth-order valence-electron chi connectivity index (χ4n) is 1.55. The van der Waals surface area contributed by atoms with Crippen molar-refractivity contribution >= 4 is 5.91 Å². The van der Waals surface area contributed by atoms with Gasteiger partial charge in [-0.1, -0.05) is 26.0 Å². The molecule has 0 spiro atoms. The molecule has 0 saturated carbocycles. The molecule has 1 rings (SSSR count). The number of amides is 1. The summed E-state index contributed by atoms with van der Waals surface area (Å²) in [5, 5.41) is 21.4. The molecule has 2 atom stereocenters. The lowest BCUT2D eigenvalue weighted by Crippen LogP contribution is -2.45. The highest BCUT2D eigenvalue weighted by atomic mass is 16.3. The number of nitrogens with two attached hydrogens (primary N) is 1. The fourth-order valence-corrected chi connectivity index (χ4v) is 1.55. The number of rotatable bonds is 6. The highest BCUT2D eigenvalue weighted by Crippen LogP contribution is 2.10. The zero-order valence-electron chi connectivity index (χ0n) is 11.3. The van der Waals surface area contributed by atoms with Crippen LogP contribution in [0.15, 0.2) is 24.3 Å². The number of nitrogens with one attached hydrogen (secondary N) is 1. The maximum Gasteiger partial charge on any atom is 0.237 e. The number of carbonyl (C=O) groups is 1. The number of phenolic OH excluding ortho intramolecular Hbond substituents is 1. The lowest BCUT2D eigenvalue weighted by atomic mass is 10.0. The van der Waals surface area contributed by atoms with E-state index in [2.05, 4.69) is 5.32 Å². The number of benzene rings is 1. The van der Waals surface area contributed by atoms with Crippen molar-refractivity contribution in [3.05, 3.63) is 29.8 Å². The summed E-state index contributed by atoms with van der Waals surface area (Å²) in [5.74, 6) is -0.0109. The van der Waals surface area contributed by atoms with E-state index in [4.69, 9.17) is 10.8 Å². The van der Waals surface area contributed by atoms with Crippen LogP contribution in [0.5, 0.6) is 5.75 Å². The van der Waals surface area contributed by atoms with Gasteiger partial charge in [0.1, 0.15) is 5.75 Å². The molecule has 2 unspecified atom stereocenters. The zero-order chi connectivity index (χ0) is 14.4. The Morgan fingerprint density at radius 1 is 1.32 bits per heavy atom. The largest absolute Gasteiger partial charge is 0.508 e. The van der Waals surface area contributed by atoms with Crippen molar-refractivity contribution in [2.75, 3.05) is 6.54 Å². The number of aliphatic hydroxyl groups is 1. The fraction of sp³-hybridized carbons (Fsp3) is 0.500. The van der Waals surface area contributed by atoms with Crippen LogP contribution < -0.4 is 11.1 Å². The van der Waals surface area contributed by atoms with Crippen molar-refractivity contribution in [1.29, 1.82) is 0 Å². The molecule has 0 radical (unpaired) electrons. The molecule has 5 nitrogen and oxygen atoms in total. The van der Waals surface area contributed by atoms with Crippen molar-refractivity contribution in [1.82, 2.24) is 5.32 Å². The summed E-state index contributed by atoms with van der Waals surface area (Å²) in [6.45, 7) is 3.97. The number of hydrogen-bond acceptors (Lipinski definition) is 4. The predicted molar refractivity (Wildman–Crippen MR) is 73.6 cm³/mol. The Labute approximate surface area is 113 Å². The third-order valence-corrected chi connectivity index (χ3v) is 2.98. The second-order valence-corrected chi connectivity index (χ2v) is 5.03. The number of phenols is 1. The van der Waals surface area contributed by atoms with Crippen molar-refractivity contribution in [3.63, 3.8) is 0 Å². The van der Waals surface area contributed by atoms with E-state index in [-0.39, 0.29) is 24.1 Å². The summed E-state index contributed by atoms with van der Waals surface area (Å²) in [6, 6.07) is 5.91. The molecule has 1 aromatic rings. The Hall–Kier alpha value is -1.59. The van der Waals surface area contributed by atoms with E-state index in [1.807, 2.05) is 13.8 Å². The van der Waals surface area contributed by atoms with Gasteiger partial charge in [0.25, 0.3) is 0 Å². The van der Waals surface area contributed by atoms with Gasteiger partial charge in [-0.15, -0.1) is 0 Å². The van der Waals surface area contributed by atoms with Gasteiger partial charge in [0, 0.05) is 6.54 Å². The molecule has 0 aliphatic rings. The molecule has 0 aromatic heterocycles. The number of aromatic hydroxyl groups is 1. The van der Waals surface area contributed by atoms with Gasteiger partial charge in [-0.05, 0) is 30.0 Å². The summed E-state index contributed by atoms with van der Waals surface area (Å²) in [4.78, 5) is 11.7. The first kappa shape index (κ1) is 15.5. The molecule has 1 amide bonds. The van der Waals surface area contributed by atoms with E-state index in [1.165, 1.54) is 0 Å². The van der Waals surface area contributed by atoms with E-state index in [0.29, 0.717) is 6.42 Å². The van der Waals surface area contributed by atoms with Crippen LogP contribution in [-0.4, -0.2) is 34.8 Å². The first-order valence-electron chi connectivity index (χ1n) is 6.39.